The average Bonchev–Trinajstić information content (AvgIpc) is 3.02. The van der Waals surface area contributed by atoms with Gasteiger partial charge in [-0.05, 0) is 38.1 Å². The molecule has 0 aliphatic carbocycles. The van der Waals surface area contributed by atoms with Crippen LogP contribution in [0.3, 0.4) is 0 Å². The van der Waals surface area contributed by atoms with E-state index in [1.807, 2.05) is 11.3 Å². The minimum Gasteiger partial charge on any atom is -0.490 e. The normalized spacial score (nSPS) is 19.4. The summed E-state index contributed by atoms with van der Waals surface area (Å²) in [7, 11) is 2.24. The molecule has 0 N–H and O–H groups in total. The first-order valence-electron chi connectivity index (χ1n) is 9.12. The van der Waals surface area contributed by atoms with Crippen molar-refractivity contribution in [1.82, 2.24) is 4.90 Å². The molecule has 3 aromatic rings. The Balaban J connectivity index is 1.72. The van der Waals surface area contributed by atoms with E-state index in [4.69, 9.17) is 4.74 Å². The molecule has 26 heavy (non-hydrogen) atoms. The molecule has 1 aliphatic heterocycles. The number of hydrogen-bond donors (Lipinski definition) is 0. The molecule has 0 radical (unpaired) electrons. The van der Waals surface area contributed by atoms with Crippen LogP contribution in [0.25, 0.3) is 0 Å². The van der Waals surface area contributed by atoms with Crippen LogP contribution in [0.4, 0.5) is 0 Å². The van der Waals surface area contributed by atoms with Crippen LogP contribution in [-0.4, -0.2) is 24.1 Å². The Bertz CT molecular complexity index is 834. The van der Waals surface area contributed by atoms with Crippen molar-refractivity contribution in [3.05, 3.63) is 87.6 Å². The van der Waals surface area contributed by atoms with Gasteiger partial charge >= 0.3 is 0 Å². The Morgan fingerprint density at radius 1 is 1.00 bits per heavy atom. The van der Waals surface area contributed by atoms with Crippen molar-refractivity contribution in [3.63, 3.8) is 0 Å². The molecule has 0 fully saturated rings. The van der Waals surface area contributed by atoms with Gasteiger partial charge < -0.3 is 4.74 Å². The second-order valence-corrected chi connectivity index (χ2v) is 8.78. The lowest BCUT2D eigenvalue weighted by molar-refractivity contribution is 0.0407. The Labute approximate surface area is 160 Å². The molecule has 1 atom stereocenters. The zero-order valence-electron chi connectivity index (χ0n) is 15.6. The van der Waals surface area contributed by atoms with E-state index in [9.17, 15) is 0 Å². The zero-order chi connectivity index (χ0) is 18.1. The summed E-state index contributed by atoms with van der Waals surface area (Å²) < 4.78 is 6.17. The predicted molar refractivity (Wildman–Crippen MR) is 109 cm³/mol. The van der Waals surface area contributed by atoms with Gasteiger partial charge in [0.2, 0.25) is 0 Å². The molecule has 1 aromatic heterocycles. The van der Waals surface area contributed by atoms with Crippen LogP contribution in [0.15, 0.2) is 66.7 Å². The highest BCUT2D eigenvalue weighted by Crippen LogP contribution is 2.41. The summed E-state index contributed by atoms with van der Waals surface area (Å²) in [6, 6.07) is 23.9. The molecule has 2 aromatic carbocycles. The molecule has 2 heterocycles. The topological polar surface area (TPSA) is 12.5 Å². The van der Waals surface area contributed by atoms with E-state index in [0.29, 0.717) is 6.61 Å². The predicted octanol–water partition coefficient (Wildman–Crippen LogP) is 5.47. The lowest BCUT2D eigenvalue weighted by Crippen LogP contribution is -2.53. The highest BCUT2D eigenvalue weighted by Gasteiger charge is 2.40. The molecule has 0 saturated heterocycles. The zero-order valence-corrected chi connectivity index (χ0v) is 16.4. The summed E-state index contributed by atoms with van der Waals surface area (Å²) in [6.45, 7) is 5.19. The van der Waals surface area contributed by atoms with Crippen LogP contribution in [0.2, 0.25) is 0 Å². The molecule has 1 unspecified atom stereocenters. The second kappa shape index (κ2) is 6.90. The molecule has 0 amide bonds. The van der Waals surface area contributed by atoms with Gasteiger partial charge in [0.05, 0.1) is 11.6 Å². The molecule has 2 nitrogen and oxygen atoms in total. The van der Waals surface area contributed by atoms with Gasteiger partial charge in [0.25, 0.3) is 0 Å². The number of thiophene rings is 1. The molecule has 1 aliphatic rings. The first-order valence-corrected chi connectivity index (χ1v) is 9.93. The maximum Gasteiger partial charge on any atom is 0.133 e. The highest BCUT2D eigenvalue weighted by atomic mass is 32.1. The van der Waals surface area contributed by atoms with Gasteiger partial charge in [0.1, 0.15) is 12.4 Å². The van der Waals surface area contributed by atoms with Gasteiger partial charge in [-0.15, -0.1) is 11.3 Å². The molecule has 4 rings (SSSR count). The monoisotopic (exact) mass is 363 g/mol. The summed E-state index contributed by atoms with van der Waals surface area (Å²) in [6.07, 6.45) is 1.02. The number of aryl methyl sites for hydroxylation is 1. The molecule has 0 spiro atoms. The largest absolute Gasteiger partial charge is 0.490 e. The maximum absolute atomic E-state index is 6.17. The first kappa shape index (κ1) is 17.3. The van der Waals surface area contributed by atoms with Crippen LogP contribution in [0.5, 0.6) is 5.75 Å². The number of fused-ring (bicyclic) bond motifs is 1. The smallest absolute Gasteiger partial charge is 0.133 e. The Kier molecular flexibility index (Phi) is 4.60. The molecular weight excluding hydrogens is 338 g/mol. The van der Waals surface area contributed by atoms with E-state index in [2.05, 4.69) is 92.5 Å². The van der Waals surface area contributed by atoms with Crippen molar-refractivity contribution in [1.29, 1.82) is 0 Å². The SMILES string of the molecule is Cc1cc2c(s1)CC(C)(N(C)C(c1ccccc1)c1ccccc1)CO2. The van der Waals surface area contributed by atoms with Crippen molar-refractivity contribution in [2.45, 2.75) is 31.8 Å². The third-order valence-electron chi connectivity index (χ3n) is 5.44. The minimum atomic E-state index is -0.0549. The van der Waals surface area contributed by atoms with Gasteiger partial charge in [0, 0.05) is 16.2 Å². The quantitative estimate of drug-likeness (QED) is 0.609. The molecule has 0 saturated carbocycles. The summed E-state index contributed by atoms with van der Waals surface area (Å²) >= 11 is 1.86. The van der Waals surface area contributed by atoms with E-state index in [1.54, 1.807) is 0 Å². The van der Waals surface area contributed by atoms with Crippen molar-refractivity contribution in [2.75, 3.05) is 13.7 Å². The van der Waals surface area contributed by atoms with Crippen LogP contribution in [-0.2, 0) is 6.42 Å². The van der Waals surface area contributed by atoms with Gasteiger partial charge in [-0.1, -0.05) is 60.7 Å². The van der Waals surface area contributed by atoms with Crippen molar-refractivity contribution in [2.24, 2.45) is 0 Å². The van der Waals surface area contributed by atoms with Crippen molar-refractivity contribution < 1.29 is 4.74 Å². The first-order chi connectivity index (χ1) is 12.6. The van der Waals surface area contributed by atoms with Crippen LogP contribution in [0.1, 0.15) is 33.8 Å². The fraction of sp³-hybridized carbons (Fsp3) is 0.304. The lowest BCUT2D eigenvalue weighted by Gasteiger charge is -2.45. The lowest BCUT2D eigenvalue weighted by atomic mass is 9.88. The standard InChI is InChI=1S/C23H25NOS/c1-17-14-20-21(26-17)15-23(2,16-25-20)24(3)22(18-10-6-4-7-11-18)19-12-8-5-9-13-19/h4-14,22H,15-16H2,1-3H3. The van der Waals surface area contributed by atoms with Crippen LogP contribution < -0.4 is 4.74 Å². The fourth-order valence-electron chi connectivity index (χ4n) is 3.86. The Hall–Kier alpha value is -2.10. The molecular formula is C23H25NOS. The third-order valence-corrected chi connectivity index (χ3v) is 6.47. The number of benzene rings is 2. The Morgan fingerprint density at radius 3 is 2.15 bits per heavy atom. The van der Waals surface area contributed by atoms with E-state index in [1.165, 1.54) is 20.9 Å². The van der Waals surface area contributed by atoms with E-state index >= 15 is 0 Å². The van der Waals surface area contributed by atoms with Crippen molar-refractivity contribution >= 4 is 11.3 Å². The summed E-state index contributed by atoms with van der Waals surface area (Å²) in [5, 5.41) is 0. The van der Waals surface area contributed by atoms with Crippen LogP contribution in [0, 0.1) is 6.92 Å². The molecule has 0 bridgehead atoms. The average molecular weight is 364 g/mol. The van der Waals surface area contributed by atoms with E-state index in [0.717, 1.165) is 12.2 Å². The Morgan fingerprint density at radius 2 is 1.58 bits per heavy atom. The maximum atomic E-state index is 6.17. The van der Waals surface area contributed by atoms with Gasteiger partial charge in [-0.3, -0.25) is 4.90 Å². The number of hydrogen-bond acceptors (Lipinski definition) is 3. The van der Waals surface area contributed by atoms with Gasteiger partial charge in [-0.25, -0.2) is 0 Å². The molecule has 134 valence electrons. The number of nitrogens with zero attached hydrogens (tertiary/aromatic N) is 1. The number of rotatable bonds is 4. The summed E-state index contributed by atoms with van der Waals surface area (Å²) in [5.41, 5.74) is 2.58. The third kappa shape index (κ3) is 3.17. The fourth-order valence-corrected chi connectivity index (χ4v) is 5.02. The number of likely N-dealkylation sites (N-methyl/N-ethyl adjacent to an activating group) is 1. The number of ether oxygens (including phenoxy) is 1. The highest BCUT2D eigenvalue weighted by molar-refractivity contribution is 7.12. The van der Waals surface area contributed by atoms with Gasteiger partial charge in [-0.2, -0.15) is 0 Å². The van der Waals surface area contributed by atoms with Crippen LogP contribution >= 0.6 is 11.3 Å². The van der Waals surface area contributed by atoms with E-state index in [-0.39, 0.29) is 11.6 Å². The van der Waals surface area contributed by atoms with Gasteiger partial charge in [0.15, 0.2) is 0 Å². The summed E-state index contributed by atoms with van der Waals surface area (Å²) in [5.74, 6) is 1.08. The van der Waals surface area contributed by atoms with Crippen molar-refractivity contribution in [3.8, 4) is 5.75 Å². The minimum absolute atomic E-state index is 0.0549. The van der Waals surface area contributed by atoms with E-state index < -0.39 is 0 Å². The summed E-state index contributed by atoms with van der Waals surface area (Å²) in [4.78, 5) is 5.18. The molecule has 3 heteroatoms. The second-order valence-electron chi connectivity index (χ2n) is 7.44.